The molecule has 1 heterocycles. The molecule has 1 aliphatic rings. The first-order chi connectivity index (χ1) is 17.9. The van der Waals surface area contributed by atoms with Gasteiger partial charge in [-0.25, -0.2) is 4.90 Å². The van der Waals surface area contributed by atoms with Gasteiger partial charge in [0.05, 0.1) is 26.3 Å². The molecule has 0 aliphatic carbocycles. The first-order valence-electron chi connectivity index (χ1n) is 12.0. The van der Waals surface area contributed by atoms with Crippen molar-refractivity contribution in [1.82, 2.24) is 4.90 Å². The quantitative estimate of drug-likeness (QED) is 0.392. The van der Waals surface area contributed by atoms with Gasteiger partial charge in [0.15, 0.2) is 18.1 Å². The van der Waals surface area contributed by atoms with E-state index in [0.29, 0.717) is 29.4 Å². The second kappa shape index (κ2) is 11.6. The van der Waals surface area contributed by atoms with E-state index in [0.717, 1.165) is 11.1 Å². The Balaban J connectivity index is 1.55. The molecule has 3 amide bonds. The lowest BCUT2D eigenvalue weighted by molar-refractivity contribution is -0.140. The number of hydrogen-bond acceptors (Lipinski definition) is 6. The van der Waals surface area contributed by atoms with Crippen LogP contribution in [0.2, 0.25) is 0 Å². The van der Waals surface area contributed by atoms with Crippen LogP contribution in [0.5, 0.6) is 17.2 Å². The number of anilines is 1. The predicted octanol–water partition coefficient (Wildman–Crippen LogP) is 3.79. The molecule has 0 bridgehead atoms. The van der Waals surface area contributed by atoms with E-state index in [-0.39, 0.29) is 31.4 Å². The minimum atomic E-state index is -0.916. The highest BCUT2D eigenvalue weighted by Crippen LogP contribution is 2.29. The number of para-hydroxylation sites is 1. The zero-order valence-corrected chi connectivity index (χ0v) is 21.2. The minimum absolute atomic E-state index is 0.0876. The highest BCUT2D eigenvalue weighted by Gasteiger charge is 2.44. The average Bonchev–Trinajstić information content (AvgIpc) is 3.21. The van der Waals surface area contributed by atoms with Crippen molar-refractivity contribution in [2.45, 2.75) is 25.8 Å². The molecule has 1 saturated heterocycles. The first-order valence-corrected chi connectivity index (χ1v) is 12.0. The van der Waals surface area contributed by atoms with Gasteiger partial charge in [0, 0.05) is 6.54 Å². The predicted molar refractivity (Wildman–Crippen MR) is 139 cm³/mol. The molecule has 8 nitrogen and oxygen atoms in total. The van der Waals surface area contributed by atoms with E-state index in [9.17, 15) is 14.4 Å². The zero-order valence-electron chi connectivity index (χ0n) is 21.2. The fourth-order valence-corrected chi connectivity index (χ4v) is 4.31. The van der Waals surface area contributed by atoms with E-state index in [4.69, 9.17) is 14.2 Å². The Bertz CT molecular complexity index is 1260. The largest absolute Gasteiger partial charge is 0.493 e. The number of imide groups is 1. The molecule has 3 aromatic rings. The molecule has 0 radical (unpaired) electrons. The van der Waals surface area contributed by atoms with Crippen molar-refractivity contribution in [2.75, 3.05) is 32.3 Å². The van der Waals surface area contributed by atoms with Gasteiger partial charge in [-0.1, -0.05) is 42.0 Å². The van der Waals surface area contributed by atoms with Crippen molar-refractivity contribution in [3.8, 4) is 17.2 Å². The number of rotatable bonds is 10. The SMILES string of the molecule is COc1ccc(CCN(C(=O)COc2ccccc2)C2CC(=O)N(c3ccc(C)cc3)C2=O)cc1OC. The van der Waals surface area contributed by atoms with Crippen LogP contribution in [0, 0.1) is 6.92 Å². The third-order valence-corrected chi connectivity index (χ3v) is 6.31. The summed E-state index contributed by atoms with van der Waals surface area (Å²) in [6, 6.07) is 20.7. The van der Waals surface area contributed by atoms with E-state index in [2.05, 4.69) is 0 Å². The summed E-state index contributed by atoms with van der Waals surface area (Å²) in [4.78, 5) is 42.4. The average molecular weight is 503 g/mol. The van der Waals surface area contributed by atoms with Crippen LogP contribution >= 0.6 is 0 Å². The fourth-order valence-electron chi connectivity index (χ4n) is 4.31. The van der Waals surface area contributed by atoms with Gasteiger partial charge in [0.25, 0.3) is 11.8 Å². The Hall–Kier alpha value is -4.33. The van der Waals surface area contributed by atoms with Crippen LogP contribution in [0.3, 0.4) is 0 Å². The maximum absolute atomic E-state index is 13.5. The van der Waals surface area contributed by atoms with E-state index in [1.807, 2.05) is 49.4 Å². The molecule has 1 fully saturated rings. The molecule has 0 N–H and O–H groups in total. The van der Waals surface area contributed by atoms with E-state index in [1.165, 1.54) is 9.80 Å². The van der Waals surface area contributed by atoms with Gasteiger partial charge < -0.3 is 19.1 Å². The second-order valence-electron chi connectivity index (χ2n) is 8.75. The van der Waals surface area contributed by atoms with E-state index >= 15 is 0 Å². The Morgan fingerprint density at radius 3 is 2.32 bits per heavy atom. The summed E-state index contributed by atoms with van der Waals surface area (Å²) in [6.45, 7) is 1.90. The number of amides is 3. The maximum atomic E-state index is 13.5. The molecule has 3 aromatic carbocycles. The molecule has 0 saturated carbocycles. The third-order valence-electron chi connectivity index (χ3n) is 6.31. The number of methoxy groups -OCH3 is 2. The number of nitrogens with zero attached hydrogens (tertiary/aromatic N) is 2. The first kappa shape index (κ1) is 25.8. The summed E-state index contributed by atoms with van der Waals surface area (Å²) < 4.78 is 16.4. The summed E-state index contributed by atoms with van der Waals surface area (Å²) in [5.74, 6) is 0.580. The van der Waals surface area contributed by atoms with Gasteiger partial charge in [0.1, 0.15) is 11.8 Å². The number of carbonyl (C=O) groups excluding carboxylic acids is 3. The van der Waals surface area contributed by atoms with Crippen LogP contribution in [-0.4, -0.2) is 56.0 Å². The molecule has 0 spiro atoms. The van der Waals surface area contributed by atoms with Crippen molar-refractivity contribution >= 4 is 23.4 Å². The third kappa shape index (κ3) is 5.91. The second-order valence-corrected chi connectivity index (χ2v) is 8.75. The van der Waals surface area contributed by atoms with Crippen LogP contribution in [-0.2, 0) is 20.8 Å². The summed E-state index contributed by atoms with van der Waals surface area (Å²) >= 11 is 0. The molecule has 37 heavy (non-hydrogen) atoms. The number of hydrogen-bond donors (Lipinski definition) is 0. The number of carbonyl (C=O) groups is 3. The van der Waals surface area contributed by atoms with E-state index in [1.54, 1.807) is 44.6 Å². The summed E-state index contributed by atoms with van der Waals surface area (Å²) in [5.41, 5.74) is 2.41. The molecule has 192 valence electrons. The van der Waals surface area contributed by atoms with E-state index < -0.39 is 11.9 Å². The molecule has 1 atom stereocenters. The van der Waals surface area contributed by atoms with Crippen molar-refractivity contribution in [3.05, 3.63) is 83.9 Å². The van der Waals surface area contributed by atoms with Crippen LogP contribution in [0.4, 0.5) is 5.69 Å². The van der Waals surface area contributed by atoms with Gasteiger partial charge in [-0.3, -0.25) is 14.4 Å². The fraction of sp³-hybridized carbons (Fsp3) is 0.276. The molecule has 4 rings (SSSR count). The van der Waals surface area contributed by atoms with Crippen molar-refractivity contribution in [1.29, 1.82) is 0 Å². The minimum Gasteiger partial charge on any atom is -0.493 e. The van der Waals surface area contributed by atoms with Crippen LogP contribution < -0.4 is 19.1 Å². The van der Waals surface area contributed by atoms with Crippen molar-refractivity contribution < 1.29 is 28.6 Å². The van der Waals surface area contributed by atoms with Crippen LogP contribution in [0.1, 0.15) is 17.5 Å². The van der Waals surface area contributed by atoms with Crippen molar-refractivity contribution in [3.63, 3.8) is 0 Å². The lowest BCUT2D eigenvalue weighted by Gasteiger charge is -2.28. The number of benzene rings is 3. The van der Waals surface area contributed by atoms with Gasteiger partial charge >= 0.3 is 0 Å². The van der Waals surface area contributed by atoms with Gasteiger partial charge in [-0.15, -0.1) is 0 Å². The number of ether oxygens (including phenoxy) is 3. The molecular formula is C29H30N2O6. The lowest BCUT2D eigenvalue weighted by atomic mass is 10.1. The van der Waals surface area contributed by atoms with Crippen LogP contribution in [0.15, 0.2) is 72.8 Å². The molecule has 8 heteroatoms. The standard InChI is InChI=1S/C29H30N2O6/c1-20-9-12-22(13-10-20)31-27(32)18-24(29(31)34)30(28(33)19-37-23-7-5-4-6-8-23)16-15-21-11-14-25(35-2)26(17-21)36-3/h4-14,17,24H,15-16,18-19H2,1-3H3. The van der Waals surface area contributed by atoms with Gasteiger partial charge in [-0.2, -0.15) is 0 Å². The normalized spacial score (nSPS) is 15.0. The van der Waals surface area contributed by atoms with Crippen molar-refractivity contribution in [2.24, 2.45) is 0 Å². The maximum Gasteiger partial charge on any atom is 0.261 e. The Labute approximate surface area is 216 Å². The highest BCUT2D eigenvalue weighted by atomic mass is 16.5. The monoisotopic (exact) mass is 502 g/mol. The zero-order chi connectivity index (χ0) is 26.4. The number of aryl methyl sites for hydroxylation is 1. The lowest BCUT2D eigenvalue weighted by Crippen LogP contribution is -2.48. The molecule has 1 aliphatic heterocycles. The summed E-state index contributed by atoms with van der Waals surface area (Å²) in [5, 5.41) is 0. The topological polar surface area (TPSA) is 85.4 Å². The Morgan fingerprint density at radius 1 is 0.946 bits per heavy atom. The smallest absolute Gasteiger partial charge is 0.261 e. The molecular weight excluding hydrogens is 472 g/mol. The van der Waals surface area contributed by atoms with Gasteiger partial charge in [0.2, 0.25) is 5.91 Å². The molecule has 0 aromatic heterocycles. The Morgan fingerprint density at radius 2 is 1.65 bits per heavy atom. The molecule has 1 unspecified atom stereocenters. The Kier molecular flexibility index (Phi) is 8.08. The summed E-state index contributed by atoms with van der Waals surface area (Å²) in [6.07, 6.45) is 0.357. The summed E-state index contributed by atoms with van der Waals surface area (Å²) in [7, 11) is 3.12. The highest BCUT2D eigenvalue weighted by molar-refractivity contribution is 6.23. The van der Waals surface area contributed by atoms with Crippen LogP contribution in [0.25, 0.3) is 0 Å². The van der Waals surface area contributed by atoms with Gasteiger partial charge in [-0.05, 0) is 55.3 Å².